The van der Waals surface area contributed by atoms with Crippen LogP contribution >= 0.6 is 0 Å². The van der Waals surface area contributed by atoms with Crippen LogP contribution in [0, 0.1) is 34.5 Å². The van der Waals surface area contributed by atoms with Gasteiger partial charge in [-0.1, -0.05) is 38.1 Å². The highest BCUT2D eigenvalue weighted by Crippen LogP contribution is 2.65. The van der Waals surface area contributed by atoms with Crippen molar-refractivity contribution >= 4 is 22.7 Å². The second-order valence-corrected chi connectivity index (χ2v) is 12.3. The molecule has 2 aromatic rings. The minimum atomic E-state index is 0.0958. The molecule has 2 N–H and O–H groups in total. The molecule has 3 saturated carbocycles. The second kappa shape index (κ2) is 8.25. The molecule has 4 aliphatic rings. The monoisotopic (exact) mass is 473 g/mol. The summed E-state index contributed by atoms with van der Waals surface area (Å²) in [6, 6.07) is 8.52. The summed E-state index contributed by atoms with van der Waals surface area (Å²) in [5.41, 5.74) is 2.56. The summed E-state index contributed by atoms with van der Waals surface area (Å²) in [5.74, 6) is 2.96. The summed E-state index contributed by atoms with van der Waals surface area (Å²) >= 11 is 0. The van der Waals surface area contributed by atoms with E-state index < -0.39 is 0 Å². The molecular weight excluding hydrogens is 434 g/mol. The number of hydrogen-bond donors (Lipinski definition) is 2. The third-order valence-corrected chi connectivity index (χ3v) is 10.9. The first-order chi connectivity index (χ1) is 16.8. The van der Waals surface area contributed by atoms with Gasteiger partial charge >= 0.3 is 0 Å². The highest BCUT2D eigenvalue weighted by atomic mass is 16.2. The van der Waals surface area contributed by atoms with Crippen molar-refractivity contribution in [3.63, 3.8) is 0 Å². The maximum atomic E-state index is 12.9. The molecular formula is C30H39N3O2. The lowest BCUT2D eigenvalue weighted by atomic mass is 9.47. The average Bonchev–Trinajstić information content (AvgIpc) is 3.41. The predicted octanol–water partition coefficient (Wildman–Crippen LogP) is 5.08. The van der Waals surface area contributed by atoms with E-state index in [9.17, 15) is 9.59 Å². The van der Waals surface area contributed by atoms with Crippen LogP contribution in [0.3, 0.4) is 0 Å². The van der Waals surface area contributed by atoms with E-state index in [1.54, 1.807) is 0 Å². The van der Waals surface area contributed by atoms with Gasteiger partial charge in [0, 0.05) is 42.1 Å². The Morgan fingerprint density at radius 2 is 1.94 bits per heavy atom. The van der Waals surface area contributed by atoms with E-state index in [1.165, 1.54) is 32.1 Å². The third kappa shape index (κ3) is 3.48. The Kier molecular flexibility index (Phi) is 5.39. The Morgan fingerprint density at radius 1 is 1.11 bits per heavy atom. The lowest BCUT2D eigenvalue weighted by Gasteiger charge is -2.60. The lowest BCUT2D eigenvalue weighted by Crippen LogP contribution is -2.59. The highest BCUT2D eigenvalue weighted by Gasteiger charge is 2.60. The standard InChI is InChI=1S/C30H39N3O2/c1-29-14-12-24-22(9-11-26-30(24,2)15-13-28(35)33(26)3)23(29)10-8-20(29)18-32-27(34)16-19-17-31-25-7-5-4-6-21(19)25/h4-7,13,15,17,20,22-24,26,31H,8-12,14,16,18H2,1-3H3,(H,32,34)/t20-,22+,23+,24+,26-,29-,30-/m1/s1. The number of carbonyl (C=O) groups is 2. The minimum Gasteiger partial charge on any atom is -0.361 e. The summed E-state index contributed by atoms with van der Waals surface area (Å²) in [7, 11) is 1.99. The van der Waals surface area contributed by atoms with Gasteiger partial charge in [-0.2, -0.15) is 0 Å². The third-order valence-electron chi connectivity index (χ3n) is 10.9. The zero-order valence-corrected chi connectivity index (χ0v) is 21.3. The molecule has 0 radical (unpaired) electrons. The largest absolute Gasteiger partial charge is 0.361 e. The molecule has 7 atom stereocenters. The lowest BCUT2D eigenvalue weighted by molar-refractivity contribution is -0.139. The number of para-hydroxylation sites is 1. The molecule has 1 aliphatic heterocycles. The topological polar surface area (TPSA) is 65.2 Å². The summed E-state index contributed by atoms with van der Waals surface area (Å²) in [6.07, 6.45) is 13.8. The van der Waals surface area contributed by atoms with E-state index in [0.29, 0.717) is 29.7 Å². The Labute approximate surface area is 208 Å². The van der Waals surface area contributed by atoms with E-state index in [4.69, 9.17) is 0 Å². The van der Waals surface area contributed by atoms with Gasteiger partial charge in [0.2, 0.25) is 11.8 Å². The smallest absolute Gasteiger partial charge is 0.246 e. The fourth-order valence-corrected chi connectivity index (χ4v) is 8.93. The molecule has 186 valence electrons. The molecule has 35 heavy (non-hydrogen) atoms. The van der Waals surface area contributed by atoms with Crippen LogP contribution in [0.4, 0.5) is 0 Å². The number of H-pyrrole nitrogens is 1. The Bertz CT molecular complexity index is 1180. The highest BCUT2D eigenvalue weighted by molar-refractivity contribution is 5.89. The van der Waals surface area contributed by atoms with Gasteiger partial charge in [-0.25, -0.2) is 0 Å². The van der Waals surface area contributed by atoms with Crippen molar-refractivity contribution in [1.29, 1.82) is 0 Å². The molecule has 5 heteroatoms. The van der Waals surface area contributed by atoms with Gasteiger partial charge in [0.15, 0.2) is 0 Å². The number of aromatic nitrogens is 1. The fraction of sp³-hybridized carbons (Fsp3) is 0.600. The van der Waals surface area contributed by atoms with E-state index in [-0.39, 0.29) is 17.2 Å². The molecule has 0 bridgehead atoms. The number of rotatable bonds is 4. The first kappa shape index (κ1) is 22.9. The van der Waals surface area contributed by atoms with Crippen molar-refractivity contribution < 1.29 is 9.59 Å². The quantitative estimate of drug-likeness (QED) is 0.650. The second-order valence-electron chi connectivity index (χ2n) is 12.3. The first-order valence-electron chi connectivity index (χ1n) is 13.6. The van der Waals surface area contributed by atoms with Gasteiger partial charge in [0.1, 0.15) is 0 Å². The number of nitrogens with one attached hydrogen (secondary N) is 2. The number of amides is 2. The minimum absolute atomic E-state index is 0.0958. The van der Waals surface area contributed by atoms with Crippen LogP contribution in [0.1, 0.15) is 57.9 Å². The number of benzene rings is 1. The molecule has 6 rings (SSSR count). The van der Waals surface area contributed by atoms with Gasteiger partial charge in [0.05, 0.1) is 6.42 Å². The molecule has 3 fully saturated rings. The zero-order valence-electron chi connectivity index (χ0n) is 21.3. The van der Waals surface area contributed by atoms with E-state index in [2.05, 4.69) is 42.4 Å². The number of aromatic amines is 1. The molecule has 3 aliphatic carbocycles. The first-order valence-corrected chi connectivity index (χ1v) is 13.6. The van der Waals surface area contributed by atoms with Crippen LogP contribution in [0.5, 0.6) is 0 Å². The van der Waals surface area contributed by atoms with E-state index in [1.807, 2.05) is 36.4 Å². The molecule has 1 aromatic carbocycles. The fourth-order valence-electron chi connectivity index (χ4n) is 8.93. The van der Waals surface area contributed by atoms with Gasteiger partial charge in [-0.15, -0.1) is 0 Å². The Hall–Kier alpha value is -2.56. The van der Waals surface area contributed by atoms with Crippen LogP contribution in [-0.2, 0) is 16.0 Å². The number of fused-ring (bicyclic) bond motifs is 6. The molecule has 0 saturated heterocycles. The number of nitrogens with zero attached hydrogens (tertiary/aromatic N) is 1. The van der Waals surface area contributed by atoms with E-state index >= 15 is 0 Å². The van der Waals surface area contributed by atoms with Crippen LogP contribution in [0.2, 0.25) is 0 Å². The summed E-state index contributed by atoms with van der Waals surface area (Å²) in [4.78, 5) is 30.5. The number of carbonyl (C=O) groups excluding carboxylic acids is 2. The molecule has 2 amide bonds. The van der Waals surface area contributed by atoms with Crippen molar-refractivity contribution in [1.82, 2.24) is 15.2 Å². The van der Waals surface area contributed by atoms with E-state index in [0.717, 1.165) is 41.3 Å². The van der Waals surface area contributed by atoms with Crippen molar-refractivity contribution in [3.8, 4) is 0 Å². The molecule has 0 unspecified atom stereocenters. The normalized spacial score (nSPS) is 38.2. The van der Waals surface area contributed by atoms with Crippen molar-refractivity contribution in [2.24, 2.45) is 34.5 Å². The molecule has 5 nitrogen and oxygen atoms in total. The summed E-state index contributed by atoms with van der Waals surface area (Å²) in [6.45, 7) is 5.72. The molecule has 2 heterocycles. The maximum Gasteiger partial charge on any atom is 0.246 e. The van der Waals surface area contributed by atoms with Gasteiger partial charge in [-0.05, 0) is 85.3 Å². The summed E-state index contributed by atoms with van der Waals surface area (Å²) < 4.78 is 0. The van der Waals surface area contributed by atoms with Crippen molar-refractivity contribution in [2.45, 2.75) is 64.8 Å². The predicted molar refractivity (Wildman–Crippen MR) is 139 cm³/mol. The van der Waals surface area contributed by atoms with Gasteiger partial charge in [-0.3, -0.25) is 9.59 Å². The SMILES string of the molecule is CN1C(=O)C=C[C@]2(C)[C@H]3CC[C@]4(C)[C@@H](CNC(=O)Cc5c[nH]c6ccccc56)CC[C@H]4[C@@H]3CC[C@@H]12. The molecule has 1 aromatic heterocycles. The average molecular weight is 474 g/mol. The number of hydrogen-bond acceptors (Lipinski definition) is 2. The van der Waals surface area contributed by atoms with Crippen LogP contribution in [-0.4, -0.2) is 41.3 Å². The van der Waals surface area contributed by atoms with Crippen LogP contribution in [0.25, 0.3) is 10.9 Å². The Morgan fingerprint density at radius 3 is 2.80 bits per heavy atom. The van der Waals surface area contributed by atoms with Crippen molar-refractivity contribution in [2.75, 3.05) is 13.6 Å². The van der Waals surface area contributed by atoms with Crippen LogP contribution in [0.15, 0.2) is 42.6 Å². The molecule has 0 spiro atoms. The zero-order chi connectivity index (χ0) is 24.4. The van der Waals surface area contributed by atoms with Crippen molar-refractivity contribution in [3.05, 3.63) is 48.2 Å². The Balaban J connectivity index is 1.13. The number of likely N-dealkylation sites (N-methyl/N-ethyl adjacent to an activating group) is 1. The van der Waals surface area contributed by atoms with Gasteiger partial charge < -0.3 is 15.2 Å². The maximum absolute atomic E-state index is 12.9. The van der Waals surface area contributed by atoms with Gasteiger partial charge in [0.25, 0.3) is 0 Å². The van der Waals surface area contributed by atoms with Crippen LogP contribution < -0.4 is 5.32 Å². The summed E-state index contributed by atoms with van der Waals surface area (Å²) in [5, 5.41) is 4.45.